The lowest BCUT2D eigenvalue weighted by Gasteiger charge is -2.21. The molecule has 3 atom stereocenters. The Morgan fingerprint density at radius 3 is 2.86 bits per heavy atom. The molecule has 0 aromatic rings. The lowest BCUT2D eigenvalue weighted by Crippen LogP contribution is -2.30. The van der Waals surface area contributed by atoms with Gasteiger partial charge in [-0.15, -0.1) is 0 Å². The summed E-state index contributed by atoms with van der Waals surface area (Å²) in [6.07, 6.45) is 5.54. The molecular weight excluding hydrogens is 180 g/mol. The highest BCUT2D eigenvalue weighted by Gasteiger charge is 2.38. The summed E-state index contributed by atoms with van der Waals surface area (Å²) in [7, 11) is 0. The molecule has 1 amide bonds. The molecule has 2 aliphatic carbocycles. The van der Waals surface area contributed by atoms with Crippen LogP contribution in [0.3, 0.4) is 0 Å². The van der Waals surface area contributed by atoms with E-state index in [2.05, 4.69) is 5.48 Å². The average Bonchev–Trinajstić information content (AvgIpc) is 2.73. The Morgan fingerprint density at radius 1 is 1.43 bits per heavy atom. The average molecular weight is 198 g/mol. The number of hydrogen-bond donors (Lipinski definition) is 2. The number of nitrogens with two attached hydrogens (primary N) is 1. The predicted octanol–water partition coefficient (Wildman–Crippen LogP) is 0.429. The number of carbonyl (C=O) groups excluding carboxylic acids is 1. The molecule has 3 N–H and O–H groups in total. The molecule has 4 heteroatoms. The van der Waals surface area contributed by atoms with Crippen molar-refractivity contribution in [2.75, 3.05) is 13.2 Å². The van der Waals surface area contributed by atoms with Crippen molar-refractivity contribution in [3.8, 4) is 0 Å². The van der Waals surface area contributed by atoms with Crippen LogP contribution in [0, 0.1) is 17.8 Å². The Labute approximate surface area is 84.1 Å². The van der Waals surface area contributed by atoms with E-state index >= 15 is 0 Å². The Kier molecular flexibility index (Phi) is 3.03. The van der Waals surface area contributed by atoms with Crippen molar-refractivity contribution < 1.29 is 9.63 Å². The van der Waals surface area contributed by atoms with Crippen molar-refractivity contribution >= 4 is 5.91 Å². The molecule has 4 nitrogen and oxygen atoms in total. The van der Waals surface area contributed by atoms with E-state index < -0.39 is 5.91 Å². The molecule has 0 heterocycles. The number of rotatable bonds is 5. The van der Waals surface area contributed by atoms with Gasteiger partial charge in [0.2, 0.25) is 5.91 Å². The highest BCUT2D eigenvalue weighted by Crippen LogP contribution is 2.47. The zero-order valence-corrected chi connectivity index (χ0v) is 8.37. The highest BCUT2D eigenvalue weighted by atomic mass is 16.6. The minimum atomic E-state index is -0.426. The first-order valence-corrected chi connectivity index (χ1v) is 5.38. The van der Waals surface area contributed by atoms with Crippen molar-refractivity contribution in [1.82, 2.24) is 5.48 Å². The molecule has 2 saturated carbocycles. The van der Waals surface area contributed by atoms with Crippen LogP contribution in [0.1, 0.15) is 25.7 Å². The van der Waals surface area contributed by atoms with Crippen molar-refractivity contribution in [1.29, 1.82) is 0 Å². The molecule has 0 saturated heterocycles. The highest BCUT2D eigenvalue weighted by molar-refractivity contribution is 5.74. The molecule has 3 unspecified atom stereocenters. The topological polar surface area (TPSA) is 64.4 Å². The van der Waals surface area contributed by atoms with Gasteiger partial charge in [0.05, 0.1) is 0 Å². The third kappa shape index (κ3) is 2.25. The van der Waals surface area contributed by atoms with E-state index in [0.29, 0.717) is 0 Å². The third-order valence-corrected chi connectivity index (χ3v) is 3.55. The van der Waals surface area contributed by atoms with Crippen molar-refractivity contribution in [3.63, 3.8) is 0 Å². The lowest BCUT2D eigenvalue weighted by atomic mass is 9.89. The minimum Gasteiger partial charge on any atom is -0.368 e. The van der Waals surface area contributed by atoms with Crippen LogP contribution in [0.15, 0.2) is 0 Å². The standard InChI is InChI=1S/C10H18N2O2/c11-10(13)6-14-12-5-9-4-7-1-2-8(9)3-7/h7-9,12H,1-6H2,(H2,11,13). The maximum absolute atomic E-state index is 10.4. The van der Waals surface area contributed by atoms with E-state index in [-0.39, 0.29) is 6.61 Å². The van der Waals surface area contributed by atoms with Crippen LogP contribution >= 0.6 is 0 Å². The maximum atomic E-state index is 10.4. The summed E-state index contributed by atoms with van der Waals surface area (Å²) in [5.41, 5.74) is 7.79. The van der Waals surface area contributed by atoms with Gasteiger partial charge in [0.15, 0.2) is 0 Å². The second-order valence-corrected chi connectivity index (χ2v) is 4.54. The molecule has 2 bridgehead atoms. The number of fused-ring (bicyclic) bond motifs is 2. The summed E-state index contributed by atoms with van der Waals surface area (Å²) in [4.78, 5) is 15.3. The molecule has 0 spiro atoms. The van der Waals surface area contributed by atoms with Gasteiger partial charge in [-0.2, -0.15) is 0 Å². The smallest absolute Gasteiger partial charge is 0.245 e. The van der Waals surface area contributed by atoms with Crippen LogP contribution < -0.4 is 11.2 Å². The molecule has 0 radical (unpaired) electrons. The SMILES string of the molecule is NC(=O)CONCC1CC2CCC1C2. The molecule has 0 aliphatic heterocycles. The summed E-state index contributed by atoms with van der Waals surface area (Å²) >= 11 is 0. The molecule has 2 aliphatic rings. The number of carbonyl (C=O) groups is 1. The van der Waals surface area contributed by atoms with Gasteiger partial charge in [-0.25, -0.2) is 5.48 Å². The first kappa shape index (κ1) is 9.93. The molecule has 14 heavy (non-hydrogen) atoms. The van der Waals surface area contributed by atoms with E-state index in [0.717, 1.165) is 24.3 Å². The number of nitrogens with one attached hydrogen (secondary N) is 1. The van der Waals surface area contributed by atoms with E-state index in [9.17, 15) is 4.79 Å². The van der Waals surface area contributed by atoms with Gasteiger partial charge >= 0.3 is 0 Å². The fraction of sp³-hybridized carbons (Fsp3) is 0.900. The molecule has 2 rings (SSSR count). The summed E-state index contributed by atoms with van der Waals surface area (Å²) in [6.45, 7) is 0.843. The van der Waals surface area contributed by atoms with Crippen LogP contribution in [0.2, 0.25) is 0 Å². The quantitative estimate of drug-likeness (QED) is 0.497. The van der Waals surface area contributed by atoms with Gasteiger partial charge in [0.1, 0.15) is 6.61 Å². The third-order valence-electron chi connectivity index (χ3n) is 3.55. The Morgan fingerprint density at radius 2 is 2.29 bits per heavy atom. The van der Waals surface area contributed by atoms with Crippen LogP contribution in [0.5, 0.6) is 0 Å². The Hall–Kier alpha value is -0.610. The zero-order chi connectivity index (χ0) is 9.97. The zero-order valence-electron chi connectivity index (χ0n) is 8.37. The van der Waals surface area contributed by atoms with Gasteiger partial charge in [-0.05, 0) is 37.0 Å². The maximum Gasteiger partial charge on any atom is 0.245 e. The summed E-state index contributed by atoms with van der Waals surface area (Å²) in [5, 5.41) is 0. The van der Waals surface area contributed by atoms with Gasteiger partial charge < -0.3 is 5.73 Å². The molecule has 0 aromatic carbocycles. The van der Waals surface area contributed by atoms with Gasteiger partial charge in [0.25, 0.3) is 0 Å². The molecule has 80 valence electrons. The summed E-state index contributed by atoms with van der Waals surface area (Å²) in [5.74, 6) is 2.18. The number of primary amides is 1. The van der Waals surface area contributed by atoms with Gasteiger partial charge in [-0.1, -0.05) is 6.42 Å². The molecule has 2 fully saturated rings. The monoisotopic (exact) mass is 198 g/mol. The van der Waals surface area contributed by atoms with E-state index in [1.165, 1.54) is 25.7 Å². The fourth-order valence-electron chi connectivity index (χ4n) is 2.91. The summed E-state index contributed by atoms with van der Waals surface area (Å²) < 4.78 is 0. The van der Waals surface area contributed by atoms with Crippen molar-refractivity contribution in [3.05, 3.63) is 0 Å². The fourth-order valence-corrected chi connectivity index (χ4v) is 2.91. The first-order chi connectivity index (χ1) is 6.75. The lowest BCUT2D eigenvalue weighted by molar-refractivity contribution is -0.125. The minimum absolute atomic E-state index is 0.0270. The normalized spacial score (nSPS) is 35.0. The van der Waals surface area contributed by atoms with Crippen LogP contribution in [0.25, 0.3) is 0 Å². The van der Waals surface area contributed by atoms with Crippen LogP contribution in [-0.4, -0.2) is 19.1 Å². The Bertz CT molecular complexity index is 220. The largest absolute Gasteiger partial charge is 0.368 e. The van der Waals surface area contributed by atoms with E-state index in [1.54, 1.807) is 0 Å². The number of hydrogen-bond acceptors (Lipinski definition) is 3. The van der Waals surface area contributed by atoms with Crippen molar-refractivity contribution in [2.24, 2.45) is 23.5 Å². The van der Waals surface area contributed by atoms with Crippen molar-refractivity contribution in [2.45, 2.75) is 25.7 Å². The van der Waals surface area contributed by atoms with E-state index in [1.807, 2.05) is 0 Å². The second-order valence-electron chi connectivity index (χ2n) is 4.54. The number of hydroxylamine groups is 1. The molecular formula is C10H18N2O2. The number of amides is 1. The second kappa shape index (κ2) is 4.28. The first-order valence-electron chi connectivity index (χ1n) is 5.38. The Balaban J connectivity index is 1.60. The predicted molar refractivity (Wildman–Crippen MR) is 52.1 cm³/mol. The van der Waals surface area contributed by atoms with E-state index in [4.69, 9.17) is 10.6 Å². The van der Waals surface area contributed by atoms with Crippen LogP contribution in [-0.2, 0) is 9.63 Å². The summed E-state index contributed by atoms with van der Waals surface area (Å²) in [6, 6.07) is 0. The van der Waals surface area contributed by atoms with Gasteiger partial charge in [-0.3, -0.25) is 9.63 Å². The molecule has 0 aromatic heterocycles. The van der Waals surface area contributed by atoms with Gasteiger partial charge in [0, 0.05) is 6.54 Å². The van der Waals surface area contributed by atoms with Crippen LogP contribution in [0.4, 0.5) is 0 Å².